The Kier molecular flexibility index (Phi) is 7.39. The third-order valence-electron chi connectivity index (χ3n) is 2.58. The molecule has 0 aromatic heterocycles. The minimum absolute atomic E-state index is 0.167. The number of carbonyl (C=O) groups is 1. The summed E-state index contributed by atoms with van der Waals surface area (Å²) in [6.45, 7) is 7.45. The van der Waals surface area contributed by atoms with Crippen LogP contribution in [0.1, 0.15) is 31.1 Å². The summed E-state index contributed by atoms with van der Waals surface area (Å²) in [7, 11) is 1.78. The molecule has 1 amide bonds. The van der Waals surface area contributed by atoms with E-state index >= 15 is 0 Å². The van der Waals surface area contributed by atoms with E-state index in [4.69, 9.17) is 14.2 Å². The van der Waals surface area contributed by atoms with E-state index in [0.717, 1.165) is 0 Å². The molecule has 0 bridgehead atoms. The summed E-state index contributed by atoms with van der Waals surface area (Å²) in [6.07, 6.45) is 0. The summed E-state index contributed by atoms with van der Waals surface area (Å²) in [4.78, 5) is 12.0. The Morgan fingerprint density at radius 3 is 2.05 bits per heavy atom. The van der Waals surface area contributed by atoms with E-state index < -0.39 is 0 Å². The first kappa shape index (κ1) is 17.1. The van der Waals surface area contributed by atoms with Crippen LogP contribution in [0, 0.1) is 0 Å². The van der Waals surface area contributed by atoms with Crippen molar-refractivity contribution in [2.75, 3.05) is 33.5 Å². The maximum atomic E-state index is 12.0. The summed E-state index contributed by atoms with van der Waals surface area (Å²) in [5.74, 6) is 1.33. The van der Waals surface area contributed by atoms with Crippen molar-refractivity contribution >= 4 is 5.91 Å². The standard InChI is InChI=1S/C15H24N2O4/c1-5-17-15(18)11-8-12(19-6-2)14(21-10-16-4)13(9-11)20-7-3/h8-9,16H,5-7,10H2,1-4H3,(H,17,18). The molecule has 21 heavy (non-hydrogen) atoms. The lowest BCUT2D eigenvalue weighted by atomic mass is 10.1. The van der Waals surface area contributed by atoms with Gasteiger partial charge in [-0.05, 0) is 40.0 Å². The molecule has 0 unspecified atom stereocenters. The van der Waals surface area contributed by atoms with Crippen molar-refractivity contribution in [2.24, 2.45) is 0 Å². The van der Waals surface area contributed by atoms with Crippen molar-refractivity contribution < 1.29 is 19.0 Å². The number of amides is 1. The highest BCUT2D eigenvalue weighted by Crippen LogP contribution is 2.39. The molecule has 1 rings (SSSR count). The summed E-state index contributed by atoms with van der Waals surface area (Å²) in [6, 6.07) is 3.34. The van der Waals surface area contributed by atoms with Crippen molar-refractivity contribution in [3.63, 3.8) is 0 Å². The Morgan fingerprint density at radius 1 is 1.05 bits per heavy atom. The van der Waals surface area contributed by atoms with Crippen molar-refractivity contribution in [3.8, 4) is 17.2 Å². The topological polar surface area (TPSA) is 68.8 Å². The molecule has 0 saturated carbocycles. The Labute approximate surface area is 125 Å². The SMILES string of the molecule is CCNC(=O)c1cc(OCC)c(OCNC)c(OCC)c1. The Morgan fingerprint density at radius 2 is 1.62 bits per heavy atom. The molecule has 1 aromatic carbocycles. The molecule has 6 nitrogen and oxygen atoms in total. The van der Waals surface area contributed by atoms with E-state index in [1.54, 1.807) is 19.2 Å². The Balaban J connectivity index is 3.22. The summed E-state index contributed by atoms with van der Waals surface area (Å²) < 4.78 is 16.8. The fraction of sp³-hybridized carbons (Fsp3) is 0.533. The molecule has 6 heteroatoms. The van der Waals surface area contributed by atoms with E-state index in [2.05, 4.69) is 10.6 Å². The van der Waals surface area contributed by atoms with Gasteiger partial charge >= 0.3 is 0 Å². The molecule has 1 aromatic rings. The fourth-order valence-electron chi connectivity index (χ4n) is 1.78. The number of hydrogen-bond acceptors (Lipinski definition) is 5. The summed E-state index contributed by atoms with van der Waals surface area (Å²) >= 11 is 0. The van der Waals surface area contributed by atoms with Gasteiger partial charge in [-0.25, -0.2) is 0 Å². The first-order chi connectivity index (χ1) is 10.2. The van der Waals surface area contributed by atoms with E-state index in [1.807, 2.05) is 20.8 Å². The van der Waals surface area contributed by atoms with Crippen LogP contribution in [-0.4, -0.2) is 39.4 Å². The van der Waals surface area contributed by atoms with Gasteiger partial charge in [-0.2, -0.15) is 0 Å². The third kappa shape index (κ3) is 4.82. The van der Waals surface area contributed by atoms with Gasteiger partial charge in [0.05, 0.1) is 13.2 Å². The van der Waals surface area contributed by atoms with Crippen LogP contribution < -0.4 is 24.8 Å². The second-order valence-electron chi connectivity index (χ2n) is 4.17. The number of nitrogens with one attached hydrogen (secondary N) is 2. The highest BCUT2D eigenvalue weighted by Gasteiger charge is 2.18. The van der Waals surface area contributed by atoms with E-state index in [-0.39, 0.29) is 5.91 Å². The highest BCUT2D eigenvalue weighted by atomic mass is 16.5. The van der Waals surface area contributed by atoms with Crippen LogP contribution in [0.15, 0.2) is 12.1 Å². The molecule has 0 aliphatic carbocycles. The van der Waals surface area contributed by atoms with Crippen LogP contribution in [0.25, 0.3) is 0 Å². The van der Waals surface area contributed by atoms with Gasteiger partial charge in [0.25, 0.3) is 5.91 Å². The maximum absolute atomic E-state index is 12.0. The molecule has 0 fully saturated rings. The van der Waals surface area contributed by atoms with E-state index in [1.165, 1.54) is 0 Å². The van der Waals surface area contributed by atoms with Gasteiger partial charge in [0, 0.05) is 12.1 Å². The van der Waals surface area contributed by atoms with Crippen LogP contribution in [-0.2, 0) is 0 Å². The average Bonchev–Trinajstić information content (AvgIpc) is 2.47. The first-order valence-corrected chi connectivity index (χ1v) is 7.17. The first-order valence-electron chi connectivity index (χ1n) is 7.17. The monoisotopic (exact) mass is 296 g/mol. The average molecular weight is 296 g/mol. The van der Waals surface area contributed by atoms with E-state index in [9.17, 15) is 4.79 Å². The molecule has 118 valence electrons. The van der Waals surface area contributed by atoms with Gasteiger partial charge < -0.3 is 19.5 Å². The second-order valence-corrected chi connectivity index (χ2v) is 4.17. The normalized spacial score (nSPS) is 10.1. The molecule has 2 N–H and O–H groups in total. The number of ether oxygens (including phenoxy) is 3. The molecule has 0 saturated heterocycles. The summed E-state index contributed by atoms with van der Waals surface area (Å²) in [5, 5.41) is 5.66. The second kappa shape index (κ2) is 9.07. The molecular formula is C15H24N2O4. The van der Waals surface area contributed by atoms with Gasteiger partial charge in [0.15, 0.2) is 11.5 Å². The van der Waals surface area contributed by atoms with E-state index in [0.29, 0.717) is 49.3 Å². The molecule has 0 radical (unpaired) electrons. The van der Waals surface area contributed by atoms with Crippen LogP contribution in [0.4, 0.5) is 0 Å². The smallest absolute Gasteiger partial charge is 0.251 e. The predicted octanol–water partition coefficient (Wildman–Crippen LogP) is 1.79. The molecule has 0 atom stereocenters. The molecular weight excluding hydrogens is 272 g/mol. The Bertz CT molecular complexity index is 436. The van der Waals surface area contributed by atoms with Crippen LogP contribution >= 0.6 is 0 Å². The quantitative estimate of drug-likeness (QED) is 0.680. The number of rotatable bonds is 9. The third-order valence-corrected chi connectivity index (χ3v) is 2.58. The van der Waals surface area contributed by atoms with Crippen molar-refractivity contribution in [3.05, 3.63) is 17.7 Å². The van der Waals surface area contributed by atoms with Gasteiger partial charge in [0.2, 0.25) is 5.75 Å². The Hall–Kier alpha value is -1.95. The predicted molar refractivity (Wildman–Crippen MR) is 81.3 cm³/mol. The number of carbonyl (C=O) groups excluding carboxylic acids is 1. The highest BCUT2D eigenvalue weighted by molar-refractivity contribution is 5.95. The number of hydrogen-bond donors (Lipinski definition) is 2. The van der Waals surface area contributed by atoms with Crippen LogP contribution in [0.2, 0.25) is 0 Å². The molecule has 0 aliphatic rings. The van der Waals surface area contributed by atoms with Gasteiger partial charge in [-0.15, -0.1) is 0 Å². The van der Waals surface area contributed by atoms with Gasteiger partial charge in [-0.1, -0.05) is 0 Å². The zero-order valence-corrected chi connectivity index (χ0v) is 13.1. The minimum Gasteiger partial charge on any atom is -0.490 e. The summed E-state index contributed by atoms with van der Waals surface area (Å²) in [5.41, 5.74) is 0.487. The van der Waals surface area contributed by atoms with Crippen LogP contribution in [0.5, 0.6) is 17.2 Å². The fourth-order valence-corrected chi connectivity index (χ4v) is 1.78. The lowest BCUT2D eigenvalue weighted by Gasteiger charge is -2.17. The number of benzene rings is 1. The maximum Gasteiger partial charge on any atom is 0.251 e. The van der Waals surface area contributed by atoms with Crippen molar-refractivity contribution in [1.82, 2.24) is 10.6 Å². The van der Waals surface area contributed by atoms with Crippen LogP contribution in [0.3, 0.4) is 0 Å². The minimum atomic E-state index is -0.167. The van der Waals surface area contributed by atoms with Gasteiger partial charge in [-0.3, -0.25) is 10.1 Å². The van der Waals surface area contributed by atoms with Crippen molar-refractivity contribution in [1.29, 1.82) is 0 Å². The lowest BCUT2D eigenvalue weighted by molar-refractivity contribution is 0.0954. The molecule has 0 heterocycles. The lowest BCUT2D eigenvalue weighted by Crippen LogP contribution is -2.23. The van der Waals surface area contributed by atoms with Gasteiger partial charge in [0.1, 0.15) is 6.73 Å². The zero-order valence-electron chi connectivity index (χ0n) is 13.1. The molecule has 0 aliphatic heterocycles. The largest absolute Gasteiger partial charge is 0.490 e. The molecule has 0 spiro atoms. The van der Waals surface area contributed by atoms with Crippen molar-refractivity contribution in [2.45, 2.75) is 20.8 Å². The zero-order chi connectivity index (χ0) is 15.7.